The van der Waals surface area contributed by atoms with Gasteiger partial charge in [-0.25, -0.2) is 4.79 Å². The average molecular weight is 327 g/mol. The first-order valence-electron chi connectivity index (χ1n) is 8.07. The molecule has 0 spiro atoms. The molecule has 3 N–H and O–H groups in total. The predicted octanol–water partition coefficient (Wildman–Crippen LogP) is 1.43. The minimum absolute atomic E-state index is 0.106. The first-order valence-corrected chi connectivity index (χ1v) is 8.07. The van der Waals surface area contributed by atoms with Crippen molar-refractivity contribution in [3.63, 3.8) is 0 Å². The van der Waals surface area contributed by atoms with Crippen LogP contribution in [0.25, 0.3) is 0 Å². The van der Waals surface area contributed by atoms with Crippen LogP contribution in [0.4, 0.5) is 0 Å². The molecule has 7 heteroatoms. The highest BCUT2D eigenvalue weighted by Gasteiger charge is 2.23. The molecule has 124 valence electrons. The van der Waals surface area contributed by atoms with E-state index >= 15 is 0 Å². The van der Waals surface area contributed by atoms with Crippen LogP contribution >= 0.6 is 0 Å². The van der Waals surface area contributed by atoms with Gasteiger partial charge >= 0.3 is 5.69 Å². The van der Waals surface area contributed by atoms with E-state index in [4.69, 9.17) is 4.74 Å². The quantitative estimate of drug-likeness (QED) is 0.662. The van der Waals surface area contributed by atoms with Gasteiger partial charge in [-0.05, 0) is 31.0 Å². The van der Waals surface area contributed by atoms with Crippen molar-refractivity contribution in [3.05, 3.63) is 55.7 Å². The van der Waals surface area contributed by atoms with Crippen LogP contribution in [0, 0.1) is 0 Å². The topological polar surface area (TPSA) is 104 Å². The van der Waals surface area contributed by atoms with E-state index in [0.29, 0.717) is 23.3 Å². The lowest BCUT2D eigenvalue weighted by Gasteiger charge is -2.19. The van der Waals surface area contributed by atoms with Gasteiger partial charge < -0.3 is 10.1 Å². The minimum atomic E-state index is -0.602. The molecule has 2 aliphatic rings. The number of H-pyrrole nitrogens is 2. The molecule has 0 atom stereocenters. The highest BCUT2D eigenvalue weighted by molar-refractivity contribution is 5.94. The summed E-state index contributed by atoms with van der Waals surface area (Å²) in [5, 5.41) is 3.04. The average Bonchev–Trinajstić information content (AvgIpc) is 3.05. The van der Waals surface area contributed by atoms with Gasteiger partial charge in [0.1, 0.15) is 5.75 Å². The molecule has 1 amide bonds. The summed E-state index contributed by atoms with van der Waals surface area (Å²) in [6.45, 7) is 0. The number of aromatic nitrogens is 2. The molecule has 2 aromatic rings. The van der Waals surface area contributed by atoms with E-state index in [1.54, 1.807) is 18.2 Å². The van der Waals surface area contributed by atoms with Crippen molar-refractivity contribution < 1.29 is 9.53 Å². The van der Waals surface area contributed by atoms with E-state index in [1.807, 2.05) is 0 Å². The molecule has 2 heterocycles. The number of hydrogen-bond acceptors (Lipinski definition) is 4. The monoisotopic (exact) mass is 327 g/mol. The Morgan fingerprint density at radius 2 is 1.96 bits per heavy atom. The summed E-state index contributed by atoms with van der Waals surface area (Å²) in [7, 11) is 0. The molecule has 0 unspecified atom stereocenters. The fourth-order valence-electron chi connectivity index (χ4n) is 3.34. The van der Waals surface area contributed by atoms with Gasteiger partial charge in [-0.1, -0.05) is 12.8 Å². The predicted molar refractivity (Wildman–Crippen MR) is 86.7 cm³/mol. The first kappa shape index (κ1) is 14.7. The van der Waals surface area contributed by atoms with E-state index in [-0.39, 0.29) is 17.8 Å². The van der Waals surface area contributed by atoms with Gasteiger partial charge in [0.05, 0.1) is 5.56 Å². The zero-order valence-corrected chi connectivity index (χ0v) is 13.0. The number of hydrogen-bond donors (Lipinski definition) is 3. The molecule has 1 aliphatic carbocycles. The molecule has 0 bridgehead atoms. The summed E-state index contributed by atoms with van der Waals surface area (Å²) in [6.07, 6.45) is 4.66. The smallest absolute Gasteiger partial charge is 0.328 e. The van der Waals surface area contributed by atoms with Gasteiger partial charge in [-0.3, -0.25) is 19.6 Å². The fourth-order valence-corrected chi connectivity index (χ4v) is 3.34. The molecule has 1 aliphatic heterocycles. The Bertz CT molecular complexity index is 922. The van der Waals surface area contributed by atoms with Gasteiger partial charge in [0.15, 0.2) is 0 Å². The highest BCUT2D eigenvalue weighted by atomic mass is 16.5. The van der Waals surface area contributed by atoms with E-state index in [0.717, 1.165) is 31.2 Å². The number of fused-ring (bicyclic) bond motifs is 2. The van der Waals surface area contributed by atoms with Crippen molar-refractivity contribution in [2.75, 3.05) is 0 Å². The molecule has 1 aromatic heterocycles. The largest absolute Gasteiger partial charge is 0.440 e. The number of aromatic amines is 2. The lowest BCUT2D eigenvalue weighted by Crippen LogP contribution is -2.32. The van der Waals surface area contributed by atoms with E-state index < -0.39 is 11.2 Å². The van der Waals surface area contributed by atoms with E-state index in [2.05, 4.69) is 15.3 Å². The van der Waals surface area contributed by atoms with Crippen molar-refractivity contribution in [1.29, 1.82) is 0 Å². The van der Waals surface area contributed by atoms with Gasteiger partial charge in [0.25, 0.3) is 11.5 Å². The van der Waals surface area contributed by atoms with Crippen molar-refractivity contribution >= 4 is 5.91 Å². The molecule has 24 heavy (non-hydrogen) atoms. The van der Waals surface area contributed by atoms with Crippen molar-refractivity contribution in [2.24, 2.45) is 0 Å². The second-order valence-corrected chi connectivity index (χ2v) is 6.27. The van der Waals surface area contributed by atoms with Gasteiger partial charge in [0.2, 0.25) is 5.88 Å². The number of nitrogens with one attached hydrogen (secondary N) is 3. The highest BCUT2D eigenvalue weighted by Crippen LogP contribution is 2.33. The van der Waals surface area contributed by atoms with E-state index in [1.165, 1.54) is 0 Å². The van der Waals surface area contributed by atoms with Gasteiger partial charge in [-0.2, -0.15) is 0 Å². The van der Waals surface area contributed by atoms with E-state index in [9.17, 15) is 14.4 Å². The van der Waals surface area contributed by atoms with Crippen LogP contribution in [0.1, 0.15) is 47.2 Å². The van der Waals surface area contributed by atoms with Crippen LogP contribution in [-0.4, -0.2) is 21.9 Å². The number of rotatable bonds is 2. The first-order chi connectivity index (χ1) is 11.6. The maximum Gasteiger partial charge on any atom is 0.328 e. The standard InChI is InChI=1S/C17H17N3O4/c21-14(18-11-3-1-2-4-11)9-5-6-13-10(7-9)8-12-15(22)19-17(23)20-16(12)24-13/h5-7,11H,1-4,8H2,(H,18,21)(H2,19,20,22,23). The Morgan fingerprint density at radius 3 is 2.75 bits per heavy atom. The SMILES string of the molecule is O=C(NC1CCCC1)c1ccc2c(c1)Cc1c([nH]c(=O)[nH]c1=O)O2. The third-order valence-electron chi connectivity index (χ3n) is 4.59. The molecule has 1 aromatic carbocycles. The summed E-state index contributed by atoms with van der Waals surface area (Å²) in [5.74, 6) is 0.603. The third-order valence-corrected chi connectivity index (χ3v) is 4.59. The Morgan fingerprint density at radius 1 is 1.17 bits per heavy atom. The zero-order chi connectivity index (χ0) is 16.7. The van der Waals surface area contributed by atoms with Gasteiger partial charge in [0, 0.05) is 23.6 Å². The van der Waals surface area contributed by atoms with Crippen molar-refractivity contribution in [3.8, 4) is 11.6 Å². The Balaban J connectivity index is 1.61. The summed E-state index contributed by atoms with van der Waals surface area (Å²) in [4.78, 5) is 40.3. The maximum atomic E-state index is 12.4. The second-order valence-electron chi connectivity index (χ2n) is 6.27. The number of benzene rings is 1. The number of ether oxygens (including phenoxy) is 1. The Labute approximate surface area is 137 Å². The summed E-state index contributed by atoms with van der Waals surface area (Å²) in [6, 6.07) is 5.38. The third kappa shape index (κ3) is 2.62. The number of amides is 1. The van der Waals surface area contributed by atoms with Crippen LogP contribution in [0.3, 0.4) is 0 Å². The molecule has 0 saturated heterocycles. The molecule has 4 rings (SSSR count). The minimum Gasteiger partial charge on any atom is -0.440 e. The maximum absolute atomic E-state index is 12.4. The lowest BCUT2D eigenvalue weighted by atomic mass is 10.0. The van der Waals surface area contributed by atoms with Crippen LogP contribution < -0.4 is 21.3 Å². The summed E-state index contributed by atoms with van der Waals surface area (Å²) >= 11 is 0. The molecular weight excluding hydrogens is 310 g/mol. The fraction of sp³-hybridized carbons (Fsp3) is 0.353. The molecule has 0 radical (unpaired) electrons. The zero-order valence-electron chi connectivity index (χ0n) is 13.0. The van der Waals surface area contributed by atoms with Crippen LogP contribution in [0.15, 0.2) is 27.8 Å². The summed E-state index contributed by atoms with van der Waals surface area (Å²) in [5.41, 5.74) is 0.582. The van der Waals surface area contributed by atoms with Crippen molar-refractivity contribution in [2.45, 2.75) is 38.1 Å². The summed E-state index contributed by atoms with van der Waals surface area (Å²) < 4.78 is 5.60. The number of carbonyl (C=O) groups excluding carboxylic acids is 1. The molecule has 1 fully saturated rings. The second kappa shape index (κ2) is 5.67. The number of carbonyl (C=O) groups is 1. The van der Waals surface area contributed by atoms with Crippen molar-refractivity contribution in [1.82, 2.24) is 15.3 Å². The Kier molecular flexibility index (Phi) is 3.48. The molecule has 1 saturated carbocycles. The van der Waals surface area contributed by atoms with Crippen LogP contribution in [-0.2, 0) is 6.42 Å². The lowest BCUT2D eigenvalue weighted by molar-refractivity contribution is 0.0937. The Hall–Kier alpha value is -2.83. The normalized spacial score (nSPS) is 16.2. The van der Waals surface area contributed by atoms with Crippen LogP contribution in [0.5, 0.6) is 11.6 Å². The van der Waals surface area contributed by atoms with Gasteiger partial charge in [-0.15, -0.1) is 0 Å². The molecular formula is C17H17N3O4. The van der Waals surface area contributed by atoms with Crippen LogP contribution in [0.2, 0.25) is 0 Å². The molecule has 7 nitrogen and oxygen atoms in total.